The van der Waals surface area contributed by atoms with Crippen molar-refractivity contribution in [1.82, 2.24) is 9.80 Å². The lowest BCUT2D eigenvalue weighted by atomic mass is 9.90. The van der Waals surface area contributed by atoms with Gasteiger partial charge in [-0.25, -0.2) is 0 Å². The molecule has 1 saturated heterocycles. The summed E-state index contributed by atoms with van der Waals surface area (Å²) in [4.78, 5) is 28.9. The van der Waals surface area contributed by atoms with Gasteiger partial charge in [0.15, 0.2) is 0 Å². The molecule has 4 nitrogen and oxygen atoms in total. The monoisotopic (exact) mass is 354 g/mol. The smallest absolute Gasteiger partial charge is 0.242 e. The van der Waals surface area contributed by atoms with Crippen LogP contribution in [-0.2, 0) is 22.4 Å². The van der Waals surface area contributed by atoms with E-state index in [9.17, 15) is 9.59 Å². The van der Waals surface area contributed by atoms with E-state index >= 15 is 0 Å². The molecule has 128 valence electrons. The van der Waals surface area contributed by atoms with Gasteiger partial charge in [0.1, 0.15) is 0 Å². The van der Waals surface area contributed by atoms with Crippen molar-refractivity contribution in [3.8, 4) is 0 Å². The predicted molar refractivity (Wildman–Crippen MR) is 96.3 cm³/mol. The van der Waals surface area contributed by atoms with E-state index in [1.54, 1.807) is 17.0 Å². The molecular formula is C20H19ClN2O2. The molecule has 0 saturated carbocycles. The minimum atomic E-state index is -0.0274. The van der Waals surface area contributed by atoms with Crippen LogP contribution in [0.3, 0.4) is 0 Å². The van der Waals surface area contributed by atoms with Crippen molar-refractivity contribution in [2.24, 2.45) is 0 Å². The van der Waals surface area contributed by atoms with Crippen molar-refractivity contribution in [2.75, 3.05) is 19.6 Å². The molecule has 4 rings (SSSR count). The summed E-state index contributed by atoms with van der Waals surface area (Å²) in [5, 5.41) is 0.652. The van der Waals surface area contributed by atoms with Crippen molar-refractivity contribution in [2.45, 2.75) is 18.9 Å². The van der Waals surface area contributed by atoms with Crippen LogP contribution in [0.1, 0.15) is 22.7 Å². The molecule has 2 aromatic rings. The standard InChI is InChI=1S/C20H19ClN2O2/c21-16-7-5-14(6-8-16)11-19(24)22-12-18-17-4-2-1-3-15(17)9-10-23(18)20(25)13-22/h1-8,18H,9-13H2. The number of hydrogen-bond donors (Lipinski definition) is 0. The van der Waals surface area contributed by atoms with E-state index in [-0.39, 0.29) is 24.4 Å². The zero-order valence-corrected chi connectivity index (χ0v) is 14.6. The van der Waals surface area contributed by atoms with Gasteiger partial charge in [0.05, 0.1) is 19.0 Å². The van der Waals surface area contributed by atoms with Gasteiger partial charge in [0, 0.05) is 18.1 Å². The highest BCUT2D eigenvalue weighted by Crippen LogP contribution is 2.33. The van der Waals surface area contributed by atoms with Crippen LogP contribution in [-0.4, -0.2) is 41.2 Å². The molecule has 0 N–H and O–H groups in total. The van der Waals surface area contributed by atoms with Gasteiger partial charge < -0.3 is 9.80 Å². The molecule has 0 aliphatic carbocycles. The maximum atomic E-state index is 12.7. The van der Waals surface area contributed by atoms with Crippen LogP contribution in [0.15, 0.2) is 48.5 Å². The van der Waals surface area contributed by atoms with E-state index in [0.29, 0.717) is 18.0 Å². The highest BCUT2D eigenvalue weighted by Gasteiger charge is 2.38. The molecule has 1 fully saturated rings. The largest absolute Gasteiger partial charge is 0.332 e. The van der Waals surface area contributed by atoms with Crippen LogP contribution in [0.25, 0.3) is 0 Å². The molecule has 0 aromatic heterocycles. The second-order valence-electron chi connectivity index (χ2n) is 6.63. The van der Waals surface area contributed by atoms with Gasteiger partial charge in [-0.1, -0.05) is 48.0 Å². The summed E-state index contributed by atoms with van der Waals surface area (Å²) in [6.45, 7) is 1.47. The van der Waals surface area contributed by atoms with Crippen molar-refractivity contribution < 1.29 is 9.59 Å². The van der Waals surface area contributed by atoms with Crippen molar-refractivity contribution >= 4 is 23.4 Å². The van der Waals surface area contributed by atoms with E-state index in [1.807, 2.05) is 29.2 Å². The maximum absolute atomic E-state index is 12.7. The van der Waals surface area contributed by atoms with Gasteiger partial charge in [-0.05, 0) is 35.2 Å². The van der Waals surface area contributed by atoms with E-state index in [4.69, 9.17) is 11.6 Å². The van der Waals surface area contributed by atoms with Crippen LogP contribution >= 0.6 is 11.6 Å². The number of rotatable bonds is 2. The lowest BCUT2D eigenvalue weighted by Gasteiger charge is -2.44. The number of benzene rings is 2. The van der Waals surface area contributed by atoms with Crippen LogP contribution in [0.4, 0.5) is 0 Å². The number of carbonyl (C=O) groups is 2. The lowest BCUT2D eigenvalue weighted by Crippen LogP contribution is -2.55. The Labute approximate surface area is 152 Å². The number of halogens is 1. The van der Waals surface area contributed by atoms with Gasteiger partial charge in [-0.2, -0.15) is 0 Å². The number of piperazine rings is 1. The topological polar surface area (TPSA) is 40.6 Å². The minimum absolute atomic E-state index is 0.0154. The Hall–Kier alpha value is -2.33. The summed E-state index contributed by atoms with van der Waals surface area (Å²) in [6, 6.07) is 15.5. The highest BCUT2D eigenvalue weighted by molar-refractivity contribution is 6.30. The first kappa shape index (κ1) is 16.2. The third-order valence-electron chi connectivity index (χ3n) is 5.07. The van der Waals surface area contributed by atoms with Crippen LogP contribution < -0.4 is 0 Å². The zero-order chi connectivity index (χ0) is 17.4. The summed E-state index contributed by atoms with van der Waals surface area (Å²) in [5.74, 6) is 0.0218. The summed E-state index contributed by atoms with van der Waals surface area (Å²) in [7, 11) is 0. The minimum Gasteiger partial charge on any atom is -0.332 e. The van der Waals surface area contributed by atoms with Gasteiger partial charge >= 0.3 is 0 Å². The quantitative estimate of drug-likeness (QED) is 0.832. The Morgan fingerprint density at radius 3 is 2.68 bits per heavy atom. The Morgan fingerprint density at radius 2 is 1.88 bits per heavy atom. The van der Waals surface area contributed by atoms with Crippen LogP contribution in [0, 0.1) is 0 Å². The van der Waals surface area contributed by atoms with Crippen molar-refractivity contribution in [3.05, 3.63) is 70.2 Å². The van der Waals surface area contributed by atoms with E-state index in [2.05, 4.69) is 12.1 Å². The Bertz CT molecular complexity index is 819. The fourth-order valence-electron chi connectivity index (χ4n) is 3.75. The first-order chi connectivity index (χ1) is 12.1. The lowest BCUT2D eigenvalue weighted by molar-refractivity contribution is -0.149. The molecule has 1 atom stereocenters. The molecule has 2 aromatic carbocycles. The van der Waals surface area contributed by atoms with Crippen molar-refractivity contribution in [3.63, 3.8) is 0 Å². The molecule has 2 heterocycles. The summed E-state index contributed by atoms with van der Waals surface area (Å²) < 4.78 is 0. The first-order valence-electron chi connectivity index (χ1n) is 8.51. The van der Waals surface area contributed by atoms with E-state index < -0.39 is 0 Å². The molecule has 2 aliphatic heterocycles. The Morgan fingerprint density at radius 1 is 1.12 bits per heavy atom. The third-order valence-corrected chi connectivity index (χ3v) is 5.33. The molecule has 2 aliphatic rings. The number of hydrogen-bond acceptors (Lipinski definition) is 2. The highest BCUT2D eigenvalue weighted by atomic mass is 35.5. The average molecular weight is 355 g/mol. The first-order valence-corrected chi connectivity index (χ1v) is 8.89. The molecule has 0 spiro atoms. The Kier molecular flexibility index (Phi) is 4.22. The van der Waals surface area contributed by atoms with Crippen LogP contribution in [0.5, 0.6) is 0 Å². The molecule has 1 unspecified atom stereocenters. The second kappa shape index (κ2) is 6.52. The van der Waals surface area contributed by atoms with Crippen LogP contribution in [0.2, 0.25) is 5.02 Å². The maximum Gasteiger partial charge on any atom is 0.242 e. The second-order valence-corrected chi connectivity index (χ2v) is 7.07. The van der Waals surface area contributed by atoms with E-state index in [1.165, 1.54) is 11.1 Å². The predicted octanol–water partition coefficient (Wildman–Crippen LogP) is 2.85. The molecule has 25 heavy (non-hydrogen) atoms. The molecular weight excluding hydrogens is 336 g/mol. The molecule has 0 radical (unpaired) electrons. The third kappa shape index (κ3) is 3.14. The number of nitrogens with zero attached hydrogens (tertiary/aromatic N) is 2. The molecule has 5 heteroatoms. The summed E-state index contributed by atoms with van der Waals surface area (Å²) in [6.07, 6.45) is 1.18. The Balaban J connectivity index is 1.54. The van der Waals surface area contributed by atoms with Gasteiger partial charge in [-0.15, -0.1) is 0 Å². The number of fused-ring (bicyclic) bond motifs is 3. The average Bonchev–Trinajstić information content (AvgIpc) is 2.63. The van der Waals surface area contributed by atoms with E-state index in [0.717, 1.165) is 18.5 Å². The summed E-state index contributed by atoms with van der Waals surface area (Å²) >= 11 is 5.89. The fourth-order valence-corrected chi connectivity index (χ4v) is 3.88. The summed E-state index contributed by atoms with van der Waals surface area (Å²) in [5.41, 5.74) is 3.36. The molecule has 0 bridgehead atoms. The molecule has 2 amide bonds. The van der Waals surface area contributed by atoms with Gasteiger partial charge in [0.25, 0.3) is 0 Å². The normalized spacial score (nSPS) is 19.4. The fraction of sp³-hybridized carbons (Fsp3) is 0.300. The zero-order valence-electron chi connectivity index (χ0n) is 13.8. The van der Waals surface area contributed by atoms with Crippen molar-refractivity contribution in [1.29, 1.82) is 0 Å². The van der Waals surface area contributed by atoms with Gasteiger partial charge in [0.2, 0.25) is 11.8 Å². The van der Waals surface area contributed by atoms with Gasteiger partial charge in [-0.3, -0.25) is 9.59 Å². The number of amides is 2. The number of carbonyl (C=O) groups excluding carboxylic acids is 2. The SMILES string of the molecule is O=C(Cc1ccc(Cl)cc1)N1CC(=O)N2CCc3ccccc3C2C1.